The number of sulfone groups is 1. The SMILES string of the molecule is CN1CC2(C1)[C@H](COCc1cccnc1)CCS2(=O)=O. The van der Waals surface area contributed by atoms with E-state index in [-0.39, 0.29) is 5.92 Å². The van der Waals surface area contributed by atoms with Crippen molar-refractivity contribution in [3.05, 3.63) is 30.1 Å². The first-order chi connectivity index (χ1) is 9.53. The zero-order valence-corrected chi connectivity index (χ0v) is 12.5. The molecule has 6 heteroatoms. The molecule has 0 unspecified atom stereocenters. The van der Waals surface area contributed by atoms with E-state index in [0.717, 1.165) is 12.0 Å². The molecule has 2 aliphatic rings. The fourth-order valence-corrected chi connectivity index (χ4v) is 5.91. The summed E-state index contributed by atoms with van der Waals surface area (Å²) in [5.74, 6) is 0.433. The number of ether oxygens (including phenoxy) is 1. The highest BCUT2D eigenvalue weighted by Crippen LogP contribution is 2.44. The van der Waals surface area contributed by atoms with Gasteiger partial charge in [-0.15, -0.1) is 0 Å². The van der Waals surface area contributed by atoms with Gasteiger partial charge in [-0.05, 0) is 25.1 Å². The molecule has 2 saturated heterocycles. The van der Waals surface area contributed by atoms with E-state index in [1.54, 1.807) is 12.4 Å². The third-order valence-electron chi connectivity index (χ3n) is 4.48. The van der Waals surface area contributed by atoms with Crippen molar-refractivity contribution >= 4 is 9.84 Å². The van der Waals surface area contributed by atoms with E-state index in [9.17, 15) is 8.42 Å². The van der Waals surface area contributed by atoms with Crippen molar-refractivity contribution in [3.63, 3.8) is 0 Å². The second-order valence-electron chi connectivity index (χ2n) is 5.92. The van der Waals surface area contributed by atoms with E-state index >= 15 is 0 Å². The summed E-state index contributed by atoms with van der Waals surface area (Å²) < 4.78 is 29.7. The van der Waals surface area contributed by atoms with Crippen LogP contribution in [0.2, 0.25) is 0 Å². The smallest absolute Gasteiger partial charge is 0.158 e. The van der Waals surface area contributed by atoms with E-state index in [1.807, 2.05) is 19.2 Å². The van der Waals surface area contributed by atoms with Crippen molar-refractivity contribution in [2.45, 2.75) is 17.8 Å². The molecule has 0 aliphatic carbocycles. The standard InChI is InChI=1S/C14H20N2O3S/c1-16-10-14(11-16)13(4-6-20(14,17)18)9-19-8-12-3-2-5-15-7-12/h2-3,5,7,13H,4,6,8-11H2,1H3/t13-/m0/s1. The van der Waals surface area contributed by atoms with Gasteiger partial charge in [0.2, 0.25) is 0 Å². The van der Waals surface area contributed by atoms with Gasteiger partial charge in [-0.2, -0.15) is 0 Å². The van der Waals surface area contributed by atoms with Crippen molar-refractivity contribution in [2.75, 3.05) is 32.5 Å². The average Bonchev–Trinajstić information content (AvgIpc) is 2.64. The number of hydrogen-bond acceptors (Lipinski definition) is 5. The lowest BCUT2D eigenvalue weighted by atomic mass is 9.84. The fourth-order valence-electron chi connectivity index (χ4n) is 3.38. The van der Waals surface area contributed by atoms with Gasteiger partial charge < -0.3 is 9.64 Å². The Balaban J connectivity index is 1.61. The number of nitrogens with zero attached hydrogens (tertiary/aromatic N) is 2. The monoisotopic (exact) mass is 296 g/mol. The largest absolute Gasteiger partial charge is 0.376 e. The summed E-state index contributed by atoms with van der Waals surface area (Å²) in [6.07, 6.45) is 4.23. The van der Waals surface area contributed by atoms with Gasteiger partial charge in [0, 0.05) is 31.4 Å². The number of aromatic nitrogens is 1. The van der Waals surface area contributed by atoms with Crippen LogP contribution in [0, 0.1) is 5.92 Å². The first-order valence-electron chi connectivity index (χ1n) is 6.91. The van der Waals surface area contributed by atoms with Crippen LogP contribution in [0.5, 0.6) is 0 Å². The molecule has 3 heterocycles. The summed E-state index contributed by atoms with van der Waals surface area (Å²) in [5, 5.41) is 0. The van der Waals surface area contributed by atoms with Crippen molar-refractivity contribution < 1.29 is 13.2 Å². The molecule has 0 aromatic carbocycles. The van der Waals surface area contributed by atoms with Crippen LogP contribution >= 0.6 is 0 Å². The predicted molar refractivity (Wildman–Crippen MR) is 76.0 cm³/mol. The van der Waals surface area contributed by atoms with Gasteiger partial charge in [0.05, 0.1) is 19.0 Å². The van der Waals surface area contributed by atoms with Crippen molar-refractivity contribution in [2.24, 2.45) is 5.92 Å². The summed E-state index contributed by atoms with van der Waals surface area (Å²) >= 11 is 0. The van der Waals surface area contributed by atoms with E-state index in [2.05, 4.69) is 9.88 Å². The lowest BCUT2D eigenvalue weighted by Gasteiger charge is -2.48. The van der Waals surface area contributed by atoms with Crippen molar-refractivity contribution in [3.8, 4) is 0 Å². The minimum atomic E-state index is -2.96. The summed E-state index contributed by atoms with van der Waals surface area (Å²) in [5.41, 5.74) is 1.02. The zero-order chi connectivity index (χ0) is 14.2. The average molecular weight is 296 g/mol. The van der Waals surface area contributed by atoms with Crippen LogP contribution in [0.3, 0.4) is 0 Å². The Morgan fingerprint density at radius 2 is 2.30 bits per heavy atom. The molecule has 1 atom stereocenters. The lowest BCUT2D eigenvalue weighted by Crippen LogP contribution is -2.66. The number of pyridine rings is 1. The fraction of sp³-hybridized carbons (Fsp3) is 0.643. The topological polar surface area (TPSA) is 59.5 Å². The maximum absolute atomic E-state index is 12.3. The highest BCUT2D eigenvalue weighted by Gasteiger charge is 2.60. The minimum Gasteiger partial charge on any atom is -0.376 e. The number of hydrogen-bond donors (Lipinski definition) is 0. The van der Waals surface area contributed by atoms with E-state index in [0.29, 0.717) is 32.1 Å². The Hall–Kier alpha value is -0.980. The van der Waals surface area contributed by atoms with Crippen LogP contribution in [-0.4, -0.2) is 55.5 Å². The normalized spacial score (nSPS) is 27.6. The molecule has 2 aliphatic heterocycles. The quantitative estimate of drug-likeness (QED) is 0.819. The van der Waals surface area contributed by atoms with Gasteiger partial charge in [-0.1, -0.05) is 6.07 Å². The molecule has 1 aromatic rings. The lowest BCUT2D eigenvalue weighted by molar-refractivity contribution is 0.0334. The Morgan fingerprint density at radius 1 is 1.50 bits per heavy atom. The molecule has 0 radical (unpaired) electrons. The van der Waals surface area contributed by atoms with Crippen LogP contribution < -0.4 is 0 Å². The maximum Gasteiger partial charge on any atom is 0.158 e. The van der Waals surface area contributed by atoms with Gasteiger partial charge >= 0.3 is 0 Å². The Bertz CT molecular complexity index is 567. The number of rotatable bonds is 4. The third kappa shape index (κ3) is 2.25. The molecule has 1 spiro atoms. The Labute approximate surface area is 119 Å². The molecular weight excluding hydrogens is 276 g/mol. The van der Waals surface area contributed by atoms with E-state index in [1.165, 1.54) is 0 Å². The van der Waals surface area contributed by atoms with Crippen molar-refractivity contribution in [1.29, 1.82) is 0 Å². The molecule has 3 rings (SSSR count). The third-order valence-corrected chi connectivity index (χ3v) is 7.09. The van der Waals surface area contributed by atoms with Gasteiger partial charge in [0.15, 0.2) is 9.84 Å². The van der Waals surface area contributed by atoms with E-state index in [4.69, 9.17) is 4.74 Å². The molecule has 110 valence electrons. The molecular formula is C14H20N2O3S. The van der Waals surface area contributed by atoms with Crippen LogP contribution in [0.1, 0.15) is 12.0 Å². The number of likely N-dealkylation sites (tertiary alicyclic amines) is 1. The van der Waals surface area contributed by atoms with Crippen LogP contribution in [0.15, 0.2) is 24.5 Å². The Kier molecular flexibility index (Phi) is 3.56. The van der Waals surface area contributed by atoms with Gasteiger partial charge in [0.25, 0.3) is 0 Å². The molecule has 20 heavy (non-hydrogen) atoms. The molecule has 2 fully saturated rings. The second-order valence-corrected chi connectivity index (χ2v) is 8.37. The second kappa shape index (κ2) is 5.09. The molecule has 0 amide bonds. The maximum atomic E-state index is 12.3. The highest BCUT2D eigenvalue weighted by atomic mass is 32.2. The summed E-state index contributed by atoms with van der Waals surface area (Å²) in [6.45, 7) is 2.31. The van der Waals surface area contributed by atoms with Crippen LogP contribution in [-0.2, 0) is 21.2 Å². The Morgan fingerprint density at radius 3 is 2.95 bits per heavy atom. The van der Waals surface area contributed by atoms with Gasteiger partial charge in [-0.25, -0.2) is 8.42 Å². The van der Waals surface area contributed by atoms with E-state index < -0.39 is 14.6 Å². The van der Waals surface area contributed by atoms with Gasteiger partial charge in [-0.3, -0.25) is 4.98 Å². The summed E-state index contributed by atoms with van der Waals surface area (Å²) in [4.78, 5) is 6.11. The summed E-state index contributed by atoms with van der Waals surface area (Å²) in [7, 11) is -0.996. The molecule has 1 aromatic heterocycles. The molecule has 0 bridgehead atoms. The van der Waals surface area contributed by atoms with Gasteiger partial charge in [0.1, 0.15) is 4.75 Å². The van der Waals surface area contributed by atoms with Crippen LogP contribution in [0.4, 0.5) is 0 Å². The first-order valence-corrected chi connectivity index (χ1v) is 8.56. The first kappa shape index (κ1) is 14.0. The molecule has 0 N–H and O–H groups in total. The predicted octanol–water partition coefficient (Wildman–Crippen LogP) is 0.717. The minimum absolute atomic E-state index is 0.125. The van der Waals surface area contributed by atoms with Crippen LogP contribution in [0.25, 0.3) is 0 Å². The van der Waals surface area contributed by atoms with Crippen molar-refractivity contribution in [1.82, 2.24) is 9.88 Å². The highest BCUT2D eigenvalue weighted by molar-refractivity contribution is 7.93. The zero-order valence-electron chi connectivity index (χ0n) is 11.7. The molecule has 0 saturated carbocycles. The summed E-state index contributed by atoms with van der Waals surface area (Å²) in [6, 6.07) is 3.84. The molecule has 5 nitrogen and oxygen atoms in total.